The van der Waals surface area contributed by atoms with E-state index in [-0.39, 0.29) is 5.12 Å². The lowest BCUT2D eigenvalue weighted by atomic mass is 10.0. The van der Waals surface area contributed by atoms with Crippen LogP contribution in [0.3, 0.4) is 0 Å². The predicted octanol–water partition coefficient (Wildman–Crippen LogP) is 5.12. The number of anilines is 1. The lowest BCUT2D eigenvalue weighted by molar-refractivity contribution is -0.891. The average Bonchev–Trinajstić information content (AvgIpc) is 3.27. The van der Waals surface area contributed by atoms with E-state index in [0.29, 0.717) is 25.5 Å². The molecule has 7 nitrogen and oxygen atoms in total. The van der Waals surface area contributed by atoms with Crippen LogP contribution < -0.4 is 5.73 Å². The van der Waals surface area contributed by atoms with Crippen molar-refractivity contribution < 1.29 is 14.0 Å². The number of nitrogen functional groups attached to an aromatic ring is 1. The smallest absolute Gasteiger partial charge is 0.190 e. The number of aromatic amines is 1. The van der Waals surface area contributed by atoms with E-state index in [2.05, 4.69) is 49.2 Å². The Labute approximate surface area is 213 Å². The number of pyridine rings is 1. The number of rotatable bonds is 15. The van der Waals surface area contributed by atoms with Crippen LogP contribution in [-0.4, -0.2) is 71.2 Å². The molecule has 0 saturated carbocycles. The number of hydrogen-bond acceptors (Lipinski definition) is 6. The molecule has 2 heterocycles. The van der Waals surface area contributed by atoms with Crippen LogP contribution >= 0.6 is 11.8 Å². The number of carbonyl (C=O) groups excluding carboxylic acids is 1. The van der Waals surface area contributed by atoms with Crippen molar-refractivity contribution in [1.82, 2.24) is 15.0 Å². The Morgan fingerprint density at radius 2 is 1.91 bits per heavy atom. The van der Waals surface area contributed by atoms with Gasteiger partial charge < -0.3 is 19.9 Å². The van der Waals surface area contributed by atoms with Crippen LogP contribution in [0.15, 0.2) is 18.2 Å². The molecule has 0 amide bonds. The van der Waals surface area contributed by atoms with Crippen molar-refractivity contribution >= 4 is 44.6 Å². The summed E-state index contributed by atoms with van der Waals surface area (Å²) in [5.74, 6) is 1.52. The van der Waals surface area contributed by atoms with Gasteiger partial charge in [0, 0.05) is 18.2 Å². The number of hydrogen-bond donors (Lipinski definition) is 2. The molecule has 0 radical (unpaired) electrons. The van der Waals surface area contributed by atoms with Crippen molar-refractivity contribution in [3.63, 3.8) is 0 Å². The first kappa shape index (κ1) is 27.4. The summed E-state index contributed by atoms with van der Waals surface area (Å²) in [7, 11) is 4.50. The van der Waals surface area contributed by atoms with Crippen LogP contribution in [0.5, 0.6) is 0 Å². The maximum Gasteiger partial charge on any atom is 0.190 e. The van der Waals surface area contributed by atoms with Gasteiger partial charge >= 0.3 is 0 Å². The Morgan fingerprint density at radius 3 is 2.69 bits per heavy atom. The summed E-state index contributed by atoms with van der Waals surface area (Å²) in [5.41, 5.74) is 10.2. The fourth-order valence-corrected chi connectivity index (χ4v) is 4.59. The Hall–Kier alpha value is -2.16. The summed E-state index contributed by atoms with van der Waals surface area (Å²) < 4.78 is 6.59. The third-order valence-electron chi connectivity index (χ3n) is 6.58. The molecule has 0 saturated heterocycles. The van der Waals surface area contributed by atoms with Crippen LogP contribution in [0.1, 0.15) is 56.8 Å². The van der Waals surface area contributed by atoms with Gasteiger partial charge in [0.25, 0.3) is 0 Å². The summed E-state index contributed by atoms with van der Waals surface area (Å²) in [6.45, 7) is 5.51. The zero-order valence-electron chi connectivity index (χ0n) is 21.9. The lowest BCUT2D eigenvalue weighted by Gasteiger charge is -2.29. The molecule has 1 aromatic carbocycles. The zero-order valence-corrected chi connectivity index (χ0v) is 22.7. The number of fused-ring (bicyclic) bond motifs is 3. The van der Waals surface area contributed by atoms with E-state index < -0.39 is 0 Å². The Kier molecular flexibility index (Phi) is 10.4. The van der Waals surface area contributed by atoms with Gasteiger partial charge in [-0.2, -0.15) is 0 Å². The molecule has 192 valence electrons. The van der Waals surface area contributed by atoms with Gasteiger partial charge in [-0.05, 0) is 56.1 Å². The average molecular weight is 501 g/mol. The fraction of sp³-hybridized carbons (Fsp3) is 0.593. The summed E-state index contributed by atoms with van der Waals surface area (Å²) >= 11 is 1.27. The quantitative estimate of drug-likeness (QED) is 0.222. The summed E-state index contributed by atoms with van der Waals surface area (Å²) in [4.78, 5) is 24.2. The van der Waals surface area contributed by atoms with Crippen molar-refractivity contribution in [3.05, 3.63) is 29.6 Å². The number of nitrogens with zero attached hydrogens (tertiary/aromatic N) is 3. The van der Waals surface area contributed by atoms with Crippen molar-refractivity contribution in [2.24, 2.45) is 0 Å². The number of thioether (sulfide) groups is 1. The van der Waals surface area contributed by atoms with Crippen LogP contribution in [0.2, 0.25) is 0 Å². The maximum absolute atomic E-state index is 11.3. The first-order valence-electron chi connectivity index (χ1n) is 12.9. The number of nitrogens with two attached hydrogens (primary N) is 1. The van der Waals surface area contributed by atoms with E-state index in [1.165, 1.54) is 30.2 Å². The van der Waals surface area contributed by atoms with Gasteiger partial charge in [-0.3, -0.25) is 4.79 Å². The second kappa shape index (κ2) is 13.2. The van der Waals surface area contributed by atoms with Crippen molar-refractivity contribution in [3.8, 4) is 0 Å². The highest BCUT2D eigenvalue weighted by Crippen LogP contribution is 2.28. The molecule has 2 aromatic heterocycles. The van der Waals surface area contributed by atoms with Gasteiger partial charge in [0.2, 0.25) is 0 Å². The van der Waals surface area contributed by atoms with Gasteiger partial charge in [0.1, 0.15) is 29.2 Å². The van der Waals surface area contributed by atoms with E-state index in [1.54, 1.807) is 0 Å². The number of aromatic nitrogens is 3. The summed E-state index contributed by atoms with van der Waals surface area (Å²) in [6.07, 6.45) is 10.1. The molecular formula is C27H42N5O2S+. The number of unbranched alkanes of at least 4 members (excludes halogenated alkanes) is 3. The number of likely N-dealkylation sites (N-methyl/N-ethyl adjacent to an activating group) is 1. The minimum atomic E-state index is 0.191. The van der Waals surface area contributed by atoms with Crippen LogP contribution in [0, 0.1) is 0 Å². The van der Waals surface area contributed by atoms with Gasteiger partial charge in [0.05, 0.1) is 39.4 Å². The van der Waals surface area contributed by atoms with E-state index in [4.69, 9.17) is 15.5 Å². The fourth-order valence-electron chi connectivity index (χ4n) is 4.31. The molecule has 8 heteroatoms. The summed E-state index contributed by atoms with van der Waals surface area (Å²) in [5, 5.41) is 1.28. The van der Waals surface area contributed by atoms with Crippen molar-refractivity contribution in [1.29, 1.82) is 0 Å². The highest BCUT2D eigenvalue weighted by molar-refractivity contribution is 8.13. The number of carbonyl (C=O) groups is 1. The molecule has 0 aliphatic carbocycles. The third kappa shape index (κ3) is 8.19. The minimum Gasteiger partial charge on any atom is -0.382 e. The van der Waals surface area contributed by atoms with Gasteiger partial charge in [0.15, 0.2) is 5.12 Å². The van der Waals surface area contributed by atoms with Gasteiger partial charge in [-0.1, -0.05) is 31.2 Å². The van der Waals surface area contributed by atoms with E-state index in [9.17, 15) is 4.79 Å². The number of nitrogens with one attached hydrogen (secondary N) is 1. The highest BCUT2D eigenvalue weighted by atomic mass is 32.2. The molecule has 0 aliphatic rings. The van der Waals surface area contributed by atoms with E-state index >= 15 is 0 Å². The molecule has 3 rings (SSSR count). The predicted molar refractivity (Wildman–Crippen MR) is 148 cm³/mol. The molecule has 0 fully saturated rings. The van der Waals surface area contributed by atoms with Crippen LogP contribution in [0.4, 0.5) is 5.82 Å². The Balaban J connectivity index is 1.47. The molecule has 0 atom stereocenters. The number of benzene rings is 1. The molecule has 35 heavy (non-hydrogen) atoms. The number of aryl methyl sites for hydroxylation is 2. The molecule has 3 aromatic rings. The minimum absolute atomic E-state index is 0.191. The maximum atomic E-state index is 11.3. The number of imidazole rings is 1. The standard InChI is InChI=1S/C27H42N5O2S/c1-5-6-11-23-30-25-21-19-20(12-13-22(21)29-27(28)26(25)31-23)10-8-7-9-15-32(2,3)16-18-34-17-14-24(33)35-4/h12-13,19H,5-11,14-18H2,1-4H3,(H2,28,29)(H,30,31)/q+1. The van der Waals surface area contributed by atoms with Crippen molar-refractivity contribution in [2.75, 3.05) is 52.4 Å². The molecule has 0 bridgehead atoms. The van der Waals surface area contributed by atoms with Gasteiger partial charge in [-0.25, -0.2) is 9.97 Å². The van der Waals surface area contributed by atoms with Crippen LogP contribution in [0.25, 0.3) is 21.9 Å². The number of quaternary nitrogens is 1. The van der Waals surface area contributed by atoms with Gasteiger partial charge in [-0.15, -0.1) is 0 Å². The van der Waals surface area contributed by atoms with Crippen LogP contribution in [-0.2, 0) is 22.4 Å². The number of H-pyrrole nitrogens is 1. The SMILES string of the molecule is CCCCc1nc2c([nH]1)c(N)nc1ccc(CCCCC[N+](C)(C)CCOCCC(=O)SC)cc12. The number of ether oxygens (including phenoxy) is 1. The highest BCUT2D eigenvalue weighted by Gasteiger charge is 2.15. The van der Waals surface area contributed by atoms with E-state index in [0.717, 1.165) is 77.4 Å². The van der Waals surface area contributed by atoms with Crippen molar-refractivity contribution in [2.45, 2.75) is 58.3 Å². The largest absolute Gasteiger partial charge is 0.382 e. The molecule has 0 unspecified atom stereocenters. The molecular weight excluding hydrogens is 458 g/mol. The second-order valence-electron chi connectivity index (χ2n) is 9.99. The Morgan fingerprint density at radius 1 is 1.09 bits per heavy atom. The molecule has 0 aliphatic heterocycles. The molecule has 0 spiro atoms. The molecule has 3 N–H and O–H groups in total. The topological polar surface area (TPSA) is 93.9 Å². The first-order chi connectivity index (χ1) is 16.8. The summed E-state index contributed by atoms with van der Waals surface area (Å²) in [6, 6.07) is 6.49. The second-order valence-corrected chi connectivity index (χ2v) is 10.9. The zero-order chi connectivity index (χ0) is 25.3. The monoisotopic (exact) mass is 500 g/mol. The normalized spacial score (nSPS) is 12.1. The third-order valence-corrected chi connectivity index (χ3v) is 7.24. The lowest BCUT2D eigenvalue weighted by Crippen LogP contribution is -2.43. The first-order valence-corrected chi connectivity index (χ1v) is 14.1. The van der Waals surface area contributed by atoms with E-state index in [1.807, 2.05) is 6.26 Å². The Bertz CT molecular complexity index is 1110.